The van der Waals surface area contributed by atoms with Gasteiger partial charge < -0.3 is 9.88 Å². The molecule has 1 aliphatic rings. The van der Waals surface area contributed by atoms with Crippen LogP contribution in [0, 0.1) is 0 Å². The zero-order chi connectivity index (χ0) is 15.0. The monoisotopic (exact) mass is 306 g/mol. The Labute approximate surface area is 123 Å². The molecule has 1 aliphatic heterocycles. The van der Waals surface area contributed by atoms with Gasteiger partial charge in [0.2, 0.25) is 5.91 Å². The smallest absolute Gasteiger partial charge is 0.224 e. The average Bonchev–Trinajstić information content (AvgIpc) is 2.91. The molecule has 1 fully saturated rings. The van der Waals surface area contributed by atoms with Gasteiger partial charge in [-0.25, -0.2) is 8.42 Å². The normalized spacial score (nSPS) is 20.7. The average molecular weight is 306 g/mol. The second kappa shape index (κ2) is 5.18. The first kappa shape index (κ1) is 14.1. The van der Waals surface area contributed by atoms with Gasteiger partial charge in [-0.15, -0.1) is 0 Å². The highest BCUT2D eigenvalue weighted by molar-refractivity contribution is 7.91. The minimum Gasteiger partial charge on any atom is -0.352 e. The van der Waals surface area contributed by atoms with Crippen molar-refractivity contribution in [3.8, 4) is 0 Å². The lowest BCUT2D eigenvalue weighted by Crippen LogP contribution is -2.36. The van der Waals surface area contributed by atoms with Crippen LogP contribution in [0.15, 0.2) is 30.5 Å². The molecule has 1 unspecified atom stereocenters. The van der Waals surface area contributed by atoms with Crippen molar-refractivity contribution < 1.29 is 13.2 Å². The van der Waals surface area contributed by atoms with Crippen LogP contribution in [0.2, 0.25) is 0 Å². The number of nitrogens with one attached hydrogen (secondary N) is 1. The molecular weight excluding hydrogens is 288 g/mol. The van der Waals surface area contributed by atoms with Gasteiger partial charge in [0.05, 0.1) is 17.9 Å². The summed E-state index contributed by atoms with van der Waals surface area (Å²) in [6.07, 6.45) is 2.75. The third-order valence-corrected chi connectivity index (χ3v) is 5.70. The number of benzene rings is 1. The second-order valence-electron chi connectivity index (χ2n) is 5.63. The lowest BCUT2D eigenvalue weighted by molar-refractivity contribution is -0.120. The van der Waals surface area contributed by atoms with Gasteiger partial charge in [0, 0.05) is 30.2 Å². The molecule has 1 atom stereocenters. The number of rotatable bonds is 3. The van der Waals surface area contributed by atoms with Crippen LogP contribution in [0.4, 0.5) is 0 Å². The van der Waals surface area contributed by atoms with E-state index < -0.39 is 9.84 Å². The molecule has 1 aromatic carbocycles. The van der Waals surface area contributed by atoms with Crippen LogP contribution in [0.25, 0.3) is 10.9 Å². The van der Waals surface area contributed by atoms with Crippen molar-refractivity contribution in [2.45, 2.75) is 18.9 Å². The lowest BCUT2D eigenvalue weighted by Gasteiger charge is -2.10. The molecule has 112 valence electrons. The number of carbonyl (C=O) groups excluding carboxylic acids is 1. The van der Waals surface area contributed by atoms with Gasteiger partial charge in [-0.05, 0) is 18.1 Å². The molecule has 0 saturated carbocycles. The topological polar surface area (TPSA) is 68.2 Å². The fourth-order valence-corrected chi connectivity index (χ4v) is 4.60. The number of para-hydroxylation sites is 1. The Morgan fingerprint density at radius 3 is 2.86 bits per heavy atom. The summed E-state index contributed by atoms with van der Waals surface area (Å²) in [5, 5.41) is 3.89. The molecule has 0 spiro atoms. The predicted molar refractivity (Wildman–Crippen MR) is 81.8 cm³/mol. The summed E-state index contributed by atoms with van der Waals surface area (Å²) in [7, 11) is -1.01. The molecule has 6 heteroatoms. The quantitative estimate of drug-likeness (QED) is 0.921. The molecule has 2 heterocycles. The van der Waals surface area contributed by atoms with E-state index in [9.17, 15) is 13.2 Å². The number of fused-ring (bicyclic) bond motifs is 1. The maximum atomic E-state index is 12.1. The molecule has 2 aromatic rings. The van der Waals surface area contributed by atoms with Crippen molar-refractivity contribution in [2.75, 3.05) is 11.5 Å². The number of sulfone groups is 1. The van der Waals surface area contributed by atoms with Gasteiger partial charge in [-0.3, -0.25) is 4.79 Å². The number of hydrogen-bond acceptors (Lipinski definition) is 3. The number of aromatic nitrogens is 1. The van der Waals surface area contributed by atoms with Crippen LogP contribution in [0.5, 0.6) is 0 Å². The number of nitrogens with zero attached hydrogens (tertiary/aromatic N) is 1. The highest BCUT2D eigenvalue weighted by Crippen LogP contribution is 2.21. The van der Waals surface area contributed by atoms with Gasteiger partial charge in [0.25, 0.3) is 0 Å². The summed E-state index contributed by atoms with van der Waals surface area (Å²) >= 11 is 0. The van der Waals surface area contributed by atoms with Crippen LogP contribution in [-0.4, -0.2) is 36.4 Å². The Morgan fingerprint density at radius 2 is 2.14 bits per heavy atom. The van der Waals surface area contributed by atoms with E-state index in [1.807, 2.05) is 42.1 Å². The Hall–Kier alpha value is -1.82. The largest absolute Gasteiger partial charge is 0.352 e. The molecule has 1 N–H and O–H groups in total. The van der Waals surface area contributed by atoms with E-state index >= 15 is 0 Å². The first-order valence-electron chi connectivity index (χ1n) is 6.97. The minimum absolute atomic E-state index is 0.0638. The Morgan fingerprint density at radius 1 is 1.38 bits per heavy atom. The molecule has 0 bridgehead atoms. The van der Waals surface area contributed by atoms with Crippen LogP contribution in [0.3, 0.4) is 0 Å². The van der Waals surface area contributed by atoms with E-state index in [1.54, 1.807) is 0 Å². The van der Waals surface area contributed by atoms with Crippen LogP contribution in [0.1, 0.15) is 12.0 Å². The molecule has 1 saturated heterocycles. The third-order valence-electron chi connectivity index (χ3n) is 3.93. The first-order chi connectivity index (χ1) is 9.94. The Kier molecular flexibility index (Phi) is 3.49. The van der Waals surface area contributed by atoms with Crippen LogP contribution < -0.4 is 5.32 Å². The molecule has 0 aliphatic carbocycles. The summed E-state index contributed by atoms with van der Waals surface area (Å²) < 4.78 is 24.8. The van der Waals surface area contributed by atoms with E-state index in [1.165, 1.54) is 0 Å². The highest BCUT2D eigenvalue weighted by Gasteiger charge is 2.28. The van der Waals surface area contributed by atoms with E-state index in [2.05, 4.69) is 5.32 Å². The van der Waals surface area contributed by atoms with Gasteiger partial charge in [-0.2, -0.15) is 0 Å². The van der Waals surface area contributed by atoms with Crippen molar-refractivity contribution >= 4 is 26.6 Å². The van der Waals surface area contributed by atoms with Crippen molar-refractivity contribution in [3.05, 3.63) is 36.0 Å². The van der Waals surface area contributed by atoms with E-state index in [0.717, 1.165) is 16.5 Å². The molecular formula is C15H18N2O3S. The van der Waals surface area contributed by atoms with Crippen LogP contribution >= 0.6 is 0 Å². The maximum Gasteiger partial charge on any atom is 0.224 e. The minimum atomic E-state index is -2.96. The molecule has 1 aromatic heterocycles. The van der Waals surface area contributed by atoms with Crippen molar-refractivity contribution in [2.24, 2.45) is 7.05 Å². The van der Waals surface area contributed by atoms with Gasteiger partial charge in [0.1, 0.15) is 0 Å². The number of aryl methyl sites for hydroxylation is 1. The van der Waals surface area contributed by atoms with E-state index in [0.29, 0.717) is 6.42 Å². The number of carbonyl (C=O) groups is 1. The first-order valence-corrected chi connectivity index (χ1v) is 8.79. The SMILES string of the molecule is Cn1cc(CC(=O)NC2CCS(=O)(=O)C2)c2ccccc21. The van der Waals surface area contributed by atoms with E-state index in [4.69, 9.17) is 0 Å². The Balaban J connectivity index is 1.72. The van der Waals surface area contributed by atoms with Gasteiger partial charge in [0.15, 0.2) is 9.84 Å². The summed E-state index contributed by atoms with van der Waals surface area (Å²) in [6, 6.07) is 7.69. The summed E-state index contributed by atoms with van der Waals surface area (Å²) in [4.78, 5) is 12.1. The lowest BCUT2D eigenvalue weighted by atomic mass is 10.1. The van der Waals surface area contributed by atoms with Gasteiger partial charge in [-0.1, -0.05) is 18.2 Å². The Bertz CT molecular complexity index is 792. The van der Waals surface area contributed by atoms with Crippen molar-refractivity contribution in [1.82, 2.24) is 9.88 Å². The fraction of sp³-hybridized carbons (Fsp3) is 0.400. The highest BCUT2D eigenvalue weighted by atomic mass is 32.2. The standard InChI is InChI=1S/C15H18N2O3S/c1-17-9-11(13-4-2-3-5-14(13)17)8-15(18)16-12-6-7-21(19,20)10-12/h2-5,9,12H,6-8,10H2,1H3,(H,16,18). The third kappa shape index (κ3) is 2.95. The number of amides is 1. The van der Waals surface area contributed by atoms with Crippen LogP contribution in [-0.2, 0) is 28.1 Å². The van der Waals surface area contributed by atoms with Crippen molar-refractivity contribution in [3.63, 3.8) is 0 Å². The number of hydrogen-bond donors (Lipinski definition) is 1. The van der Waals surface area contributed by atoms with E-state index in [-0.39, 0.29) is 29.9 Å². The molecule has 5 nitrogen and oxygen atoms in total. The fourth-order valence-electron chi connectivity index (χ4n) is 2.93. The summed E-state index contributed by atoms with van der Waals surface area (Å²) in [5.41, 5.74) is 2.05. The molecule has 21 heavy (non-hydrogen) atoms. The zero-order valence-corrected chi connectivity index (χ0v) is 12.7. The molecule has 1 amide bonds. The summed E-state index contributed by atoms with van der Waals surface area (Å²) in [6.45, 7) is 0. The second-order valence-corrected chi connectivity index (χ2v) is 7.86. The van der Waals surface area contributed by atoms with Crippen molar-refractivity contribution in [1.29, 1.82) is 0 Å². The predicted octanol–water partition coefficient (Wildman–Crippen LogP) is 1.02. The molecule has 0 radical (unpaired) electrons. The van der Waals surface area contributed by atoms with Gasteiger partial charge >= 0.3 is 0 Å². The molecule has 3 rings (SSSR count). The summed E-state index contributed by atoms with van der Waals surface area (Å²) in [5.74, 6) is 0.119. The maximum absolute atomic E-state index is 12.1. The zero-order valence-electron chi connectivity index (χ0n) is 11.9.